The van der Waals surface area contributed by atoms with Crippen LogP contribution in [0.25, 0.3) is 0 Å². The van der Waals surface area contributed by atoms with Crippen LogP contribution in [0.1, 0.15) is 32.3 Å². The zero-order valence-electron chi connectivity index (χ0n) is 18.4. The Labute approximate surface area is 190 Å². The predicted octanol–water partition coefficient (Wildman–Crippen LogP) is 3.72. The number of rotatable bonds is 8. The Bertz CT molecular complexity index is 996. The minimum absolute atomic E-state index is 0.0692. The van der Waals surface area contributed by atoms with Crippen LogP contribution in [-0.4, -0.2) is 51.2 Å². The van der Waals surface area contributed by atoms with E-state index in [1.54, 1.807) is 28.8 Å². The van der Waals surface area contributed by atoms with Gasteiger partial charge in [0.2, 0.25) is 15.9 Å². The lowest BCUT2D eigenvalue weighted by atomic mass is 10.2. The fourth-order valence-electron chi connectivity index (χ4n) is 3.72. The van der Waals surface area contributed by atoms with Crippen LogP contribution in [0.15, 0.2) is 58.3 Å². The first-order valence-electron chi connectivity index (χ1n) is 10.6. The van der Waals surface area contributed by atoms with Gasteiger partial charge in [-0.15, -0.1) is 11.8 Å². The van der Waals surface area contributed by atoms with E-state index in [0.29, 0.717) is 25.2 Å². The highest BCUT2D eigenvalue weighted by molar-refractivity contribution is 7.99. The first-order valence-corrected chi connectivity index (χ1v) is 13.1. The van der Waals surface area contributed by atoms with Gasteiger partial charge in [0.15, 0.2) is 0 Å². The molecule has 0 saturated carbocycles. The molecule has 6 nitrogen and oxygen atoms in total. The molecule has 0 radical (unpaired) electrons. The summed E-state index contributed by atoms with van der Waals surface area (Å²) >= 11 is 1.66. The van der Waals surface area contributed by atoms with Gasteiger partial charge in [0.1, 0.15) is 0 Å². The SMILES string of the molecule is CCC(CN(C)Cc1ccccc1)NS(=O)(=O)c1ccc2c(c1)N(C(C)=O)CCCS2. The van der Waals surface area contributed by atoms with E-state index < -0.39 is 10.0 Å². The Balaban J connectivity index is 1.75. The van der Waals surface area contributed by atoms with Crippen molar-refractivity contribution < 1.29 is 13.2 Å². The molecule has 0 fully saturated rings. The van der Waals surface area contributed by atoms with Gasteiger partial charge in [-0.3, -0.25) is 4.79 Å². The van der Waals surface area contributed by atoms with Gasteiger partial charge >= 0.3 is 0 Å². The zero-order chi connectivity index (χ0) is 22.4. The molecule has 0 aliphatic carbocycles. The van der Waals surface area contributed by atoms with E-state index in [4.69, 9.17) is 0 Å². The molecule has 1 heterocycles. The average Bonchev–Trinajstić information content (AvgIpc) is 2.95. The summed E-state index contributed by atoms with van der Waals surface area (Å²) in [7, 11) is -1.71. The van der Waals surface area contributed by atoms with Crippen LogP contribution in [-0.2, 0) is 21.4 Å². The lowest BCUT2D eigenvalue weighted by Crippen LogP contribution is -2.42. The van der Waals surface area contributed by atoms with Gasteiger partial charge in [-0.25, -0.2) is 13.1 Å². The molecule has 168 valence electrons. The highest BCUT2D eigenvalue weighted by Gasteiger charge is 2.25. The van der Waals surface area contributed by atoms with E-state index in [2.05, 4.69) is 21.8 Å². The summed E-state index contributed by atoms with van der Waals surface area (Å²) in [6.45, 7) is 5.46. The van der Waals surface area contributed by atoms with E-state index in [-0.39, 0.29) is 16.8 Å². The quantitative estimate of drug-likeness (QED) is 0.649. The van der Waals surface area contributed by atoms with Crippen molar-refractivity contribution in [1.29, 1.82) is 0 Å². The van der Waals surface area contributed by atoms with Gasteiger partial charge in [-0.1, -0.05) is 37.3 Å². The van der Waals surface area contributed by atoms with Gasteiger partial charge in [0.05, 0.1) is 10.6 Å². The number of benzene rings is 2. The molecule has 1 amide bonds. The van der Waals surface area contributed by atoms with Crippen molar-refractivity contribution in [2.75, 3.05) is 30.8 Å². The molecule has 1 unspecified atom stereocenters. The minimum atomic E-state index is -3.71. The number of nitrogens with zero attached hydrogens (tertiary/aromatic N) is 2. The molecule has 2 aromatic carbocycles. The highest BCUT2D eigenvalue weighted by Crippen LogP contribution is 2.35. The Hall–Kier alpha value is -1.87. The Morgan fingerprint density at radius 3 is 2.65 bits per heavy atom. The third-order valence-electron chi connectivity index (χ3n) is 5.34. The topological polar surface area (TPSA) is 69.7 Å². The molecule has 1 aliphatic heterocycles. The number of anilines is 1. The summed E-state index contributed by atoms with van der Waals surface area (Å²) in [4.78, 5) is 17.1. The molecule has 0 bridgehead atoms. The number of sulfonamides is 1. The lowest BCUT2D eigenvalue weighted by molar-refractivity contribution is -0.116. The van der Waals surface area contributed by atoms with Crippen LogP contribution in [0.3, 0.4) is 0 Å². The van der Waals surface area contributed by atoms with E-state index in [1.807, 2.05) is 38.2 Å². The molecule has 0 aromatic heterocycles. The molecule has 0 spiro atoms. The second-order valence-electron chi connectivity index (χ2n) is 7.91. The molecule has 2 aromatic rings. The van der Waals surface area contributed by atoms with E-state index >= 15 is 0 Å². The lowest BCUT2D eigenvalue weighted by Gasteiger charge is -2.25. The predicted molar refractivity (Wildman–Crippen MR) is 127 cm³/mol. The zero-order valence-corrected chi connectivity index (χ0v) is 20.0. The Morgan fingerprint density at radius 2 is 1.97 bits per heavy atom. The second-order valence-corrected chi connectivity index (χ2v) is 10.8. The summed E-state index contributed by atoms with van der Waals surface area (Å²) in [5, 5.41) is 0. The van der Waals surface area contributed by atoms with Crippen molar-refractivity contribution >= 4 is 33.4 Å². The van der Waals surface area contributed by atoms with Gasteiger partial charge in [0, 0.05) is 37.5 Å². The van der Waals surface area contributed by atoms with Crippen LogP contribution in [0, 0.1) is 0 Å². The summed E-state index contributed by atoms with van der Waals surface area (Å²) < 4.78 is 29.2. The normalized spacial score (nSPS) is 15.4. The van der Waals surface area contributed by atoms with Crippen molar-refractivity contribution in [3.8, 4) is 0 Å². The first-order chi connectivity index (χ1) is 14.8. The largest absolute Gasteiger partial charge is 0.311 e. The van der Waals surface area contributed by atoms with Crippen LogP contribution >= 0.6 is 11.8 Å². The third kappa shape index (κ3) is 6.32. The number of nitrogens with one attached hydrogen (secondary N) is 1. The Morgan fingerprint density at radius 1 is 1.23 bits per heavy atom. The number of hydrogen-bond acceptors (Lipinski definition) is 5. The molecule has 31 heavy (non-hydrogen) atoms. The fraction of sp³-hybridized carbons (Fsp3) is 0.435. The minimum Gasteiger partial charge on any atom is -0.311 e. The maximum atomic E-state index is 13.1. The second kappa shape index (κ2) is 10.6. The average molecular weight is 462 g/mol. The van der Waals surface area contributed by atoms with E-state index in [9.17, 15) is 13.2 Å². The molecule has 1 aliphatic rings. The van der Waals surface area contributed by atoms with Crippen molar-refractivity contribution in [3.63, 3.8) is 0 Å². The number of fused-ring (bicyclic) bond motifs is 1. The van der Waals surface area contributed by atoms with Crippen LogP contribution < -0.4 is 9.62 Å². The number of amides is 1. The Kier molecular flexibility index (Phi) is 8.16. The summed E-state index contributed by atoms with van der Waals surface area (Å²) in [6.07, 6.45) is 1.56. The number of hydrogen-bond donors (Lipinski definition) is 1. The molecular formula is C23H31N3O3S2. The highest BCUT2D eigenvalue weighted by atomic mass is 32.2. The van der Waals surface area contributed by atoms with Crippen molar-refractivity contribution in [2.45, 2.75) is 49.1 Å². The fourth-order valence-corrected chi connectivity index (χ4v) is 6.03. The first kappa shape index (κ1) is 23.8. The van der Waals surface area contributed by atoms with Gasteiger partial charge in [0.25, 0.3) is 0 Å². The summed E-state index contributed by atoms with van der Waals surface area (Å²) in [6, 6.07) is 15.0. The molecule has 1 atom stereocenters. The number of likely N-dealkylation sites (N-methyl/N-ethyl adjacent to an activating group) is 1. The van der Waals surface area contributed by atoms with E-state index in [1.165, 1.54) is 12.5 Å². The number of thioether (sulfide) groups is 1. The smallest absolute Gasteiger partial charge is 0.240 e. The number of carbonyl (C=O) groups is 1. The number of carbonyl (C=O) groups excluding carboxylic acids is 1. The van der Waals surface area contributed by atoms with Gasteiger partial charge in [-0.2, -0.15) is 0 Å². The van der Waals surface area contributed by atoms with Crippen molar-refractivity contribution in [3.05, 3.63) is 54.1 Å². The maximum Gasteiger partial charge on any atom is 0.240 e. The van der Waals surface area contributed by atoms with E-state index in [0.717, 1.165) is 23.6 Å². The van der Waals surface area contributed by atoms with Crippen molar-refractivity contribution in [2.24, 2.45) is 0 Å². The van der Waals surface area contributed by atoms with Crippen molar-refractivity contribution in [1.82, 2.24) is 9.62 Å². The molecular weight excluding hydrogens is 430 g/mol. The maximum absolute atomic E-state index is 13.1. The standard InChI is InChI=1S/C23H31N3O3S2/c1-4-20(17-25(3)16-19-9-6-5-7-10-19)24-31(28,29)21-11-12-23-22(15-21)26(18(2)27)13-8-14-30-23/h5-7,9-12,15,20,24H,4,8,13-14,16-17H2,1-3H3. The summed E-state index contributed by atoms with van der Waals surface area (Å²) in [5.74, 6) is 0.840. The molecule has 3 rings (SSSR count). The van der Waals surface area contributed by atoms with Crippen LogP contribution in [0.5, 0.6) is 0 Å². The molecule has 8 heteroatoms. The summed E-state index contributed by atoms with van der Waals surface area (Å²) in [5.41, 5.74) is 1.88. The monoisotopic (exact) mass is 461 g/mol. The molecule has 1 N–H and O–H groups in total. The van der Waals surface area contributed by atoms with Crippen LogP contribution in [0.4, 0.5) is 5.69 Å². The van der Waals surface area contributed by atoms with Gasteiger partial charge in [-0.05, 0) is 49.4 Å². The van der Waals surface area contributed by atoms with Gasteiger partial charge < -0.3 is 9.80 Å². The third-order valence-corrected chi connectivity index (χ3v) is 8.00. The molecule has 0 saturated heterocycles. The van der Waals surface area contributed by atoms with Crippen LogP contribution in [0.2, 0.25) is 0 Å².